The first-order valence-corrected chi connectivity index (χ1v) is 7.20. The molecule has 20 heavy (non-hydrogen) atoms. The van der Waals surface area contributed by atoms with Crippen LogP contribution in [0.2, 0.25) is 0 Å². The molecule has 0 saturated carbocycles. The minimum atomic E-state index is 0.185. The van der Waals surface area contributed by atoms with Crippen molar-refractivity contribution < 1.29 is 14.3 Å². The van der Waals surface area contributed by atoms with E-state index in [1.807, 2.05) is 23.1 Å². The van der Waals surface area contributed by atoms with Gasteiger partial charge >= 0.3 is 0 Å². The van der Waals surface area contributed by atoms with Gasteiger partial charge < -0.3 is 19.7 Å². The average Bonchev–Trinajstić information content (AvgIpc) is 3.02. The summed E-state index contributed by atoms with van der Waals surface area (Å²) in [7, 11) is 0. The van der Waals surface area contributed by atoms with Crippen LogP contribution >= 0.6 is 0 Å². The van der Waals surface area contributed by atoms with Crippen molar-refractivity contribution in [2.45, 2.75) is 19.4 Å². The molecule has 108 valence electrons. The number of hydrogen-bond donors (Lipinski definition) is 1. The van der Waals surface area contributed by atoms with Crippen molar-refractivity contribution in [3.8, 4) is 11.5 Å². The molecule has 0 atom stereocenters. The third-order valence-corrected chi connectivity index (χ3v) is 3.70. The van der Waals surface area contributed by atoms with Crippen molar-refractivity contribution in [2.24, 2.45) is 0 Å². The van der Waals surface area contributed by atoms with Gasteiger partial charge in [-0.3, -0.25) is 4.79 Å². The van der Waals surface area contributed by atoms with Gasteiger partial charge in [0.15, 0.2) is 11.5 Å². The second-order valence-electron chi connectivity index (χ2n) is 5.13. The molecule has 5 nitrogen and oxygen atoms in total. The number of rotatable bonds is 4. The van der Waals surface area contributed by atoms with Crippen LogP contribution in [0.1, 0.15) is 18.4 Å². The minimum absolute atomic E-state index is 0.185. The molecule has 1 saturated heterocycles. The maximum absolute atomic E-state index is 11.9. The van der Waals surface area contributed by atoms with Crippen molar-refractivity contribution in [1.29, 1.82) is 0 Å². The van der Waals surface area contributed by atoms with Gasteiger partial charge in [0, 0.05) is 25.2 Å². The largest absolute Gasteiger partial charge is 0.486 e. The molecule has 1 N–H and O–H groups in total. The van der Waals surface area contributed by atoms with Crippen LogP contribution in [0.4, 0.5) is 0 Å². The number of amides is 1. The zero-order valence-electron chi connectivity index (χ0n) is 11.6. The third-order valence-electron chi connectivity index (χ3n) is 3.70. The number of nitrogens with one attached hydrogen (secondary N) is 1. The van der Waals surface area contributed by atoms with E-state index in [0.717, 1.165) is 43.0 Å². The van der Waals surface area contributed by atoms with E-state index in [1.165, 1.54) is 0 Å². The van der Waals surface area contributed by atoms with E-state index in [2.05, 4.69) is 5.32 Å². The predicted molar refractivity (Wildman–Crippen MR) is 75.0 cm³/mol. The molecule has 0 radical (unpaired) electrons. The Bertz CT molecular complexity index is 484. The van der Waals surface area contributed by atoms with Crippen LogP contribution in [0.15, 0.2) is 18.2 Å². The highest BCUT2D eigenvalue weighted by atomic mass is 16.6. The molecule has 0 spiro atoms. The van der Waals surface area contributed by atoms with E-state index < -0.39 is 0 Å². The van der Waals surface area contributed by atoms with Crippen molar-refractivity contribution in [1.82, 2.24) is 10.2 Å². The molecule has 2 heterocycles. The standard InChI is InChI=1S/C15H20N2O3/c18-14(17-6-1-2-7-17)11-16-10-12-4-3-5-13-15(12)20-9-8-19-13/h3-5,16H,1-2,6-11H2. The number of carbonyl (C=O) groups is 1. The normalized spacial score (nSPS) is 17.3. The summed E-state index contributed by atoms with van der Waals surface area (Å²) in [5, 5.41) is 3.20. The van der Waals surface area contributed by atoms with Crippen LogP contribution in [-0.2, 0) is 11.3 Å². The maximum atomic E-state index is 11.9. The SMILES string of the molecule is O=C(CNCc1cccc2c1OCCO2)N1CCCC1. The molecule has 2 aliphatic heterocycles. The van der Waals surface area contributed by atoms with Crippen molar-refractivity contribution in [2.75, 3.05) is 32.8 Å². The smallest absolute Gasteiger partial charge is 0.236 e. The van der Waals surface area contributed by atoms with E-state index in [4.69, 9.17) is 9.47 Å². The van der Waals surface area contributed by atoms with Gasteiger partial charge in [0.25, 0.3) is 0 Å². The topological polar surface area (TPSA) is 50.8 Å². The Hall–Kier alpha value is -1.75. The molecule has 0 aliphatic carbocycles. The van der Waals surface area contributed by atoms with Gasteiger partial charge in [-0.15, -0.1) is 0 Å². The van der Waals surface area contributed by atoms with Crippen LogP contribution in [0.5, 0.6) is 11.5 Å². The Morgan fingerprint density at radius 1 is 1.20 bits per heavy atom. The lowest BCUT2D eigenvalue weighted by Crippen LogP contribution is -2.36. The molecule has 0 aromatic heterocycles. The average molecular weight is 276 g/mol. The zero-order chi connectivity index (χ0) is 13.8. The second-order valence-corrected chi connectivity index (χ2v) is 5.13. The number of ether oxygens (including phenoxy) is 2. The Morgan fingerprint density at radius 2 is 2.00 bits per heavy atom. The number of nitrogens with zero attached hydrogens (tertiary/aromatic N) is 1. The highest BCUT2D eigenvalue weighted by Crippen LogP contribution is 2.33. The minimum Gasteiger partial charge on any atom is -0.486 e. The van der Waals surface area contributed by atoms with E-state index >= 15 is 0 Å². The van der Waals surface area contributed by atoms with Gasteiger partial charge in [0.2, 0.25) is 5.91 Å². The summed E-state index contributed by atoms with van der Waals surface area (Å²) in [5.41, 5.74) is 1.04. The van der Waals surface area contributed by atoms with E-state index in [9.17, 15) is 4.79 Å². The molecule has 1 fully saturated rings. The maximum Gasteiger partial charge on any atom is 0.236 e. The number of likely N-dealkylation sites (tertiary alicyclic amines) is 1. The Labute approximate surface area is 118 Å². The molecule has 0 bridgehead atoms. The molecule has 3 rings (SSSR count). The van der Waals surface area contributed by atoms with E-state index in [1.54, 1.807) is 0 Å². The molecule has 5 heteroatoms. The summed E-state index contributed by atoms with van der Waals surface area (Å²) in [6.07, 6.45) is 2.26. The fourth-order valence-corrected chi connectivity index (χ4v) is 2.66. The first-order valence-electron chi connectivity index (χ1n) is 7.20. The Morgan fingerprint density at radius 3 is 2.85 bits per heavy atom. The van der Waals surface area contributed by atoms with Gasteiger partial charge in [-0.2, -0.15) is 0 Å². The van der Waals surface area contributed by atoms with Gasteiger partial charge in [-0.05, 0) is 18.9 Å². The number of fused-ring (bicyclic) bond motifs is 1. The molecular formula is C15H20N2O3. The monoisotopic (exact) mass is 276 g/mol. The number of benzene rings is 1. The fraction of sp³-hybridized carbons (Fsp3) is 0.533. The van der Waals surface area contributed by atoms with Gasteiger partial charge in [0.1, 0.15) is 13.2 Å². The zero-order valence-corrected chi connectivity index (χ0v) is 11.6. The first kappa shape index (κ1) is 13.2. The lowest BCUT2D eigenvalue weighted by atomic mass is 10.1. The van der Waals surface area contributed by atoms with Gasteiger partial charge in [0.05, 0.1) is 6.54 Å². The van der Waals surface area contributed by atoms with Crippen molar-refractivity contribution >= 4 is 5.91 Å². The summed E-state index contributed by atoms with van der Waals surface area (Å²) in [6, 6.07) is 5.86. The number of hydrogen-bond acceptors (Lipinski definition) is 4. The van der Waals surface area contributed by atoms with Crippen LogP contribution in [-0.4, -0.2) is 43.7 Å². The molecule has 2 aliphatic rings. The Balaban J connectivity index is 1.54. The first-order chi connectivity index (χ1) is 9.84. The third kappa shape index (κ3) is 2.88. The van der Waals surface area contributed by atoms with E-state index in [0.29, 0.717) is 26.3 Å². The number of para-hydroxylation sites is 1. The summed E-state index contributed by atoms with van der Waals surface area (Å²) in [4.78, 5) is 13.9. The van der Waals surface area contributed by atoms with Crippen molar-refractivity contribution in [3.63, 3.8) is 0 Å². The van der Waals surface area contributed by atoms with E-state index in [-0.39, 0.29) is 5.91 Å². The summed E-state index contributed by atoms with van der Waals surface area (Å²) >= 11 is 0. The molecule has 1 aromatic carbocycles. The highest BCUT2D eigenvalue weighted by Gasteiger charge is 2.18. The lowest BCUT2D eigenvalue weighted by molar-refractivity contribution is -0.129. The lowest BCUT2D eigenvalue weighted by Gasteiger charge is -2.21. The summed E-state index contributed by atoms with van der Waals surface area (Å²) < 4.78 is 11.2. The van der Waals surface area contributed by atoms with Gasteiger partial charge in [-0.25, -0.2) is 0 Å². The predicted octanol–water partition coefficient (Wildman–Crippen LogP) is 1.17. The fourth-order valence-electron chi connectivity index (χ4n) is 2.66. The van der Waals surface area contributed by atoms with Gasteiger partial charge in [-0.1, -0.05) is 12.1 Å². The van der Waals surface area contributed by atoms with Crippen LogP contribution in [0.25, 0.3) is 0 Å². The Kier molecular flexibility index (Phi) is 4.06. The summed E-state index contributed by atoms with van der Waals surface area (Å²) in [6.45, 7) is 3.97. The second kappa shape index (κ2) is 6.13. The number of carbonyl (C=O) groups excluding carboxylic acids is 1. The van der Waals surface area contributed by atoms with Crippen LogP contribution in [0.3, 0.4) is 0 Å². The molecule has 0 unspecified atom stereocenters. The van der Waals surface area contributed by atoms with Crippen molar-refractivity contribution in [3.05, 3.63) is 23.8 Å². The van der Waals surface area contributed by atoms with Crippen LogP contribution < -0.4 is 14.8 Å². The van der Waals surface area contributed by atoms with Crippen LogP contribution in [0, 0.1) is 0 Å². The molecular weight excluding hydrogens is 256 g/mol. The highest BCUT2D eigenvalue weighted by molar-refractivity contribution is 5.78. The summed E-state index contributed by atoms with van der Waals surface area (Å²) in [5.74, 6) is 1.78. The quantitative estimate of drug-likeness (QED) is 0.897. The molecule has 1 amide bonds. The molecule has 1 aromatic rings.